The van der Waals surface area contributed by atoms with Gasteiger partial charge in [0.1, 0.15) is 18.0 Å². The molecule has 0 N–H and O–H groups in total. The molecule has 0 fully saturated rings. The summed E-state index contributed by atoms with van der Waals surface area (Å²) in [5.74, 6) is 0.941. The van der Waals surface area contributed by atoms with Crippen LogP contribution in [0.5, 0.6) is 5.75 Å². The summed E-state index contributed by atoms with van der Waals surface area (Å²) >= 11 is 0. The van der Waals surface area contributed by atoms with Gasteiger partial charge < -0.3 is 21.7 Å². The molecule has 0 saturated carbocycles. The zero-order valence-corrected chi connectivity index (χ0v) is 15.5. The molecule has 2 aromatic heterocycles. The van der Waals surface area contributed by atoms with Crippen molar-refractivity contribution in [2.45, 2.75) is 40.3 Å². The van der Waals surface area contributed by atoms with Crippen molar-refractivity contribution in [1.29, 1.82) is 0 Å². The van der Waals surface area contributed by atoms with Crippen molar-refractivity contribution in [3.63, 3.8) is 0 Å². The summed E-state index contributed by atoms with van der Waals surface area (Å²) < 4.78 is 10.7. The third-order valence-corrected chi connectivity index (χ3v) is 4.16. The van der Waals surface area contributed by atoms with Crippen LogP contribution in [0, 0.1) is 13.8 Å². The van der Waals surface area contributed by atoms with Crippen LogP contribution < -0.4 is 26.3 Å². The zero-order chi connectivity index (χ0) is 15.5. The Balaban J connectivity index is 0.00000192. The van der Waals surface area contributed by atoms with Gasteiger partial charge >= 0.3 is 5.65 Å². The van der Waals surface area contributed by atoms with Crippen molar-refractivity contribution in [2.75, 3.05) is 0 Å². The summed E-state index contributed by atoms with van der Waals surface area (Å²) in [5, 5.41) is 0. The van der Waals surface area contributed by atoms with Gasteiger partial charge in [-0.05, 0) is 24.1 Å². The van der Waals surface area contributed by atoms with Crippen molar-refractivity contribution >= 4 is 5.65 Å². The number of hydrogen-bond acceptors (Lipinski definition) is 1. The molecule has 4 heteroatoms. The number of aromatic nitrogens is 2. The highest BCUT2D eigenvalue weighted by Gasteiger charge is 2.22. The number of imidazole rings is 1. The van der Waals surface area contributed by atoms with E-state index in [1.807, 2.05) is 18.2 Å². The first-order valence-corrected chi connectivity index (χ1v) is 7.89. The highest BCUT2D eigenvalue weighted by Crippen LogP contribution is 2.21. The lowest BCUT2D eigenvalue weighted by Gasteiger charge is -2.06. The van der Waals surface area contributed by atoms with E-state index in [1.54, 1.807) is 0 Å². The second-order valence-corrected chi connectivity index (χ2v) is 5.66. The number of fused-ring (bicyclic) bond motifs is 1. The summed E-state index contributed by atoms with van der Waals surface area (Å²) in [5.41, 5.74) is 4.91. The van der Waals surface area contributed by atoms with Gasteiger partial charge in [-0.25, -0.2) is 4.57 Å². The molecule has 0 spiro atoms. The Morgan fingerprint density at radius 2 is 1.78 bits per heavy atom. The number of ether oxygens (including phenoxy) is 1. The Labute approximate surface area is 148 Å². The maximum atomic E-state index is 6.12. The van der Waals surface area contributed by atoms with Gasteiger partial charge in [-0.2, -0.15) is 4.40 Å². The van der Waals surface area contributed by atoms with Crippen molar-refractivity contribution in [2.24, 2.45) is 0 Å². The molecular weight excluding hydrogens is 352 g/mol. The Hall–Kier alpha value is -1.81. The average molecular weight is 375 g/mol. The Kier molecular flexibility index (Phi) is 5.83. The van der Waals surface area contributed by atoms with E-state index < -0.39 is 0 Å². The molecule has 3 nitrogen and oxygen atoms in total. The molecule has 122 valence electrons. The normalized spacial score (nSPS) is 10.6. The number of aryl methyl sites for hydroxylation is 2. The van der Waals surface area contributed by atoms with E-state index in [0.717, 1.165) is 24.4 Å². The molecule has 3 aromatic rings. The van der Waals surface area contributed by atoms with E-state index in [4.69, 9.17) is 4.74 Å². The second-order valence-electron chi connectivity index (χ2n) is 5.66. The van der Waals surface area contributed by atoms with Gasteiger partial charge in [-0.15, -0.1) is 0 Å². The Bertz CT molecular complexity index is 781. The van der Waals surface area contributed by atoms with E-state index in [-0.39, 0.29) is 17.0 Å². The monoisotopic (exact) mass is 374 g/mol. The van der Waals surface area contributed by atoms with E-state index in [0.29, 0.717) is 6.61 Å². The van der Waals surface area contributed by atoms with E-state index in [9.17, 15) is 0 Å². The first kappa shape index (κ1) is 17.5. The number of hydrogen-bond donors (Lipinski definition) is 0. The first-order valence-electron chi connectivity index (χ1n) is 7.89. The third kappa shape index (κ3) is 3.42. The summed E-state index contributed by atoms with van der Waals surface area (Å²) in [6, 6.07) is 14.4. The second kappa shape index (κ2) is 7.64. The molecule has 0 unspecified atom stereocenters. The molecule has 23 heavy (non-hydrogen) atoms. The number of halogens is 1. The quantitative estimate of drug-likeness (QED) is 0.605. The zero-order valence-electron chi connectivity index (χ0n) is 13.9. The molecule has 0 atom stereocenters. The molecule has 2 heterocycles. The molecule has 0 aliphatic heterocycles. The minimum Gasteiger partial charge on any atom is -1.00 e. The number of rotatable bonds is 5. The van der Waals surface area contributed by atoms with Crippen LogP contribution in [0.1, 0.15) is 30.3 Å². The maximum Gasteiger partial charge on any atom is 0.329 e. The third-order valence-electron chi connectivity index (χ3n) is 4.16. The van der Waals surface area contributed by atoms with E-state index >= 15 is 0 Å². The molecule has 0 aliphatic carbocycles. The van der Waals surface area contributed by atoms with Crippen LogP contribution in [0.4, 0.5) is 0 Å². The summed E-state index contributed by atoms with van der Waals surface area (Å²) in [4.78, 5) is 0. The topological polar surface area (TPSA) is 17.5 Å². The molecule has 1 aromatic carbocycles. The van der Waals surface area contributed by atoms with Crippen LogP contribution in [0.15, 0.2) is 48.7 Å². The van der Waals surface area contributed by atoms with Crippen LogP contribution in [0.2, 0.25) is 0 Å². The van der Waals surface area contributed by atoms with Crippen LogP contribution in [0.25, 0.3) is 5.65 Å². The molecule has 0 bridgehead atoms. The van der Waals surface area contributed by atoms with Gasteiger partial charge in [0.25, 0.3) is 0 Å². The molecule has 0 radical (unpaired) electrons. The Morgan fingerprint density at radius 3 is 2.48 bits per heavy atom. The van der Waals surface area contributed by atoms with Crippen LogP contribution in [-0.4, -0.2) is 4.40 Å². The Morgan fingerprint density at radius 1 is 1.04 bits per heavy atom. The van der Waals surface area contributed by atoms with Crippen LogP contribution in [0.3, 0.4) is 0 Å². The maximum absolute atomic E-state index is 6.12. The van der Waals surface area contributed by atoms with E-state index in [2.05, 4.69) is 60.2 Å². The number of nitrogens with zero attached hydrogens (tertiary/aromatic N) is 2. The standard InChI is InChI=1S/C19H23N2O.BrH/c1-4-12-20-15(2)16(3)21-13-8-11-18(19(20)21)22-14-17-9-6-5-7-10-17;/h5-11,13H,4,12,14H2,1-3H3;1H/q+1;/p-1. The molecule has 0 saturated heterocycles. The van der Waals surface area contributed by atoms with Gasteiger partial charge in [-0.1, -0.05) is 37.3 Å². The van der Waals surface area contributed by atoms with Crippen molar-refractivity contribution in [1.82, 2.24) is 4.40 Å². The molecular formula is C19H23BrN2O. The van der Waals surface area contributed by atoms with Gasteiger partial charge in [0.05, 0.1) is 12.7 Å². The van der Waals surface area contributed by atoms with Crippen LogP contribution >= 0.6 is 0 Å². The first-order chi connectivity index (χ1) is 10.7. The average Bonchev–Trinajstić information content (AvgIpc) is 2.80. The smallest absolute Gasteiger partial charge is 0.329 e. The lowest BCUT2D eigenvalue weighted by molar-refractivity contribution is -0.677. The van der Waals surface area contributed by atoms with E-state index in [1.165, 1.54) is 17.0 Å². The van der Waals surface area contributed by atoms with Crippen molar-refractivity contribution < 1.29 is 26.3 Å². The fraction of sp³-hybridized carbons (Fsp3) is 0.316. The largest absolute Gasteiger partial charge is 1.00 e. The van der Waals surface area contributed by atoms with Gasteiger partial charge in [0.2, 0.25) is 5.75 Å². The van der Waals surface area contributed by atoms with Crippen molar-refractivity contribution in [3.8, 4) is 5.75 Å². The molecule has 0 amide bonds. The minimum atomic E-state index is 0. The molecule has 0 aliphatic rings. The van der Waals surface area contributed by atoms with Crippen LogP contribution in [-0.2, 0) is 13.2 Å². The highest BCUT2D eigenvalue weighted by atomic mass is 79.9. The van der Waals surface area contributed by atoms with Gasteiger partial charge in [0, 0.05) is 13.8 Å². The SMILES string of the molecule is CCC[n+]1c(C)c(C)n2cccc(OCc3ccccc3)c21.[Br-]. The number of benzene rings is 1. The lowest BCUT2D eigenvalue weighted by atomic mass is 10.2. The predicted octanol–water partition coefficient (Wildman–Crippen LogP) is 0.837. The van der Waals surface area contributed by atoms with Gasteiger partial charge in [0.15, 0.2) is 0 Å². The van der Waals surface area contributed by atoms with Gasteiger partial charge in [-0.3, -0.25) is 0 Å². The summed E-state index contributed by atoms with van der Waals surface area (Å²) in [7, 11) is 0. The minimum absolute atomic E-state index is 0. The highest BCUT2D eigenvalue weighted by molar-refractivity contribution is 5.51. The number of pyridine rings is 1. The molecule has 3 rings (SSSR count). The lowest BCUT2D eigenvalue weighted by Crippen LogP contribution is -3.00. The van der Waals surface area contributed by atoms with Crippen molar-refractivity contribution in [3.05, 3.63) is 65.6 Å². The summed E-state index contributed by atoms with van der Waals surface area (Å²) in [6.07, 6.45) is 3.22. The summed E-state index contributed by atoms with van der Waals surface area (Å²) in [6.45, 7) is 8.15. The fourth-order valence-electron chi connectivity index (χ4n) is 2.89. The fourth-order valence-corrected chi connectivity index (χ4v) is 2.89. The predicted molar refractivity (Wildman–Crippen MR) is 88.1 cm³/mol.